The summed E-state index contributed by atoms with van der Waals surface area (Å²) in [6.07, 6.45) is 0. The molecule has 0 N–H and O–H groups in total. The van der Waals surface area contributed by atoms with Gasteiger partial charge in [-0.15, -0.1) is 11.6 Å². The first-order chi connectivity index (χ1) is 5.41. The Morgan fingerprint density at radius 2 is 2.20 bits per heavy atom. The Bertz CT molecular complexity index is 296. The average molecular weight is 165 g/mol. The Labute approximate surface area is 65.2 Å². The Morgan fingerprint density at radius 1 is 1.50 bits per heavy atom. The van der Waals surface area contributed by atoms with Gasteiger partial charge in [-0.3, -0.25) is 0 Å². The van der Waals surface area contributed by atoms with Crippen LogP contribution in [0.15, 0.2) is 18.2 Å². The first-order valence-electron chi connectivity index (χ1n) is 3.55. The van der Waals surface area contributed by atoms with Gasteiger partial charge in [-0.1, -0.05) is 6.07 Å². The molecule has 0 aliphatic carbocycles. The second kappa shape index (κ2) is 2.97. The largest absolute Gasteiger partial charge is 0.207 e. The summed E-state index contributed by atoms with van der Waals surface area (Å²) in [7, 11) is 0. The molecule has 0 unspecified atom stereocenters. The highest BCUT2D eigenvalue weighted by molar-refractivity contribution is 6.17. The molecule has 54 valence electrons. The lowest BCUT2D eigenvalue weighted by Crippen LogP contribution is -1.86. The molecule has 3 heteroatoms. The van der Waals surface area contributed by atoms with E-state index in [1.165, 1.54) is 0 Å². The van der Waals surface area contributed by atoms with Gasteiger partial charge in [0, 0.05) is 14.4 Å². The molecule has 0 bridgehead atoms. The van der Waals surface area contributed by atoms with E-state index in [1.54, 1.807) is 0 Å². The topological polar surface area (TPSA) is 0 Å². The van der Waals surface area contributed by atoms with Crippen LogP contribution in [0.1, 0.15) is 8.30 Å². The molecule has 0 aromatic heterocycles. The fraction of sp³-hybridized carbons (Fsp3) is 0.143. The lowest BCUT2D eigenvalue weighted by atomic mass is 10.2. The summed E-state index contributed by atoms with van der Waals surface area (Å²) in [6.45, 7) is 0. The van der Waals surface area contributed by atoms with Crippen LogP contribution in [0.5, 0.6) is 0 Å². The van der Waals surface area contributed by atoms with Gasteiger partial charge in [-0.25, -0.2) is 8.78 Å². The van der Waals surface area contributed by atoms with Gasteiger partial charge >= 0.3 is 0 Å². The Hall–Kier alpha value is -0.630. The van der Waals surface area contributed by atoms with Crippen LogP contribution >= 0.6 is 11.6 Å². The molecule has 1 aromatic carbocycles. The molecular formula is C7H5ClF2. The summed E-state index contributed by atoms with van der Waals surface area (Å²) in [5.74, 6) is -4.02. The minimum Gasteiger partial charge on any atom is -0.207 e. The molecular weight excluding hydrogens is 158 g/mol. The van der Waals surface area contributed by atoms with E-state index in [0.29, 0.717) is 6.07 Å². The zero-order valence-corrected chi connectivity index (χ0v) is 5.62. The molecule has 0 heterocycles. The van der Waals surface area contributed by atoms with Crippen molar-refractivity contribution in [3.05, 3.63) is 35.4 Å². The number of benzene rings is 1. The summed E-state index contributed by atoms with van der Waals surface area (Å²) in [6, 6.07) is 2.53. The molecule has 0 fully saturated rings. The molecule has 0 nitrogen and oxygen atoms in total. The predicted molar refractivity (Wildman–Crippen MR) is 35.9 cm³/mol. The fourth-order valence-corrected chi connectivity index (χ4v) is 0.719. The maximum atomic E-state index is 12.8. The van der Waals surface area contributed by atoms with Crippen molar-refractivity contribution in [2.45, 2.75) is 5.83 Å². The smallest absolute Gasteiger partial charge is 0.130 e. The maximum absolute atomic E-state index is 12.8. The zero-order valence-electron chi connectivity index (χ0n) is 6.87. The fourth-order valence-electron chi connectivity index (χ4n) is 0.566. The minimum atomic E-state index is -2.29. The Balaban J connectivity index is 3.19. The predicted octanol–water partition coefficient (Wildman–Crippen LogP) is 2.70. The van der Waals surface area contributed by atoms with Crippen molar-refractivity contribution >= 4 is 11.6 Å². The van der Waals surface area contributed by atoms with Crippen molar-refractivity contribution in [1.29, 1.82) is 0 Å². The highest BCUT2D eigenvalue weighted by Gasteiger charge is 2.00. The summed E-state index contributed by atoms with van der Waals surface area (Å²) in [5, 5.41) is 0. The lowest BCUT2D eigenvalue weighted by Gasteiger charge is -1.95. The van der Waals surface area contributed by atoms with Crippen molar-refractivity contribution in [3.8, 4) is 0 Å². The number of hydrogen-bond donors (Lipinski definition) is 0. The van der Waals surface area contributed by atoms with Gasteiger partial charge in [0.2, 0.25) is 0 Å². The van der Waals surface area contributed by atoms with E-state index in [0.717, 1.165) is 12.1 Å². The number of hydrogen-bond acceptors (Lipinski definition) is 0. The first-order valence-corrected chi connectivity index (χ1v) is 2.93. The summed E-state index contributed by atoms with van der Waals surface area (Å²) < 4.78 is 39.0. The quantitative estimate of drug-likeness (QED) is 0.560. The van der Waals surface area contributed by atoms with Crippen LogP contribution in [-0.4, -0.2) is 0 Å². The van der Waals surface area contributed by atoms with Gasteiger partial charge in [0.15, 0.2) is 0 Å². The van der Waals surface area contributed by atoms with Gasteiger partial charge in [0.25, 0.3) is 0 Å². The maximum Gasteiger partial charge on any atom is 0.130 e. The van der Waals surface area contributed by atoms with Crippen LogP contribution in [0.25, 0.3) is 0 Å². The summed E-state index contributed by atoms with van der Waals surface area (Å²) in [5.41, 5.74) is -0.356. The molecule has 0 atom stereocenters. The highest BCUT2D eigenvalue weighted by atomic mass is 35.5. The van der Waals surface area contributed by atoms with Gasteiger partial charge in [0.05, 0.1) is 5.83 Å². The number of rotatable bonds is 1. The first kappa shape index (κ1) is 5.08. The molecule has 0 spiro atoms. The van der Waals surface area contributed by atoms with E-state index in [-0.39, 0.29) is 5.56 Å². The molecule has 0 saturated carbocycles. The summed E-state index contributed by atoms with van der Waals surface area (Å²) in [4.78, 5) is 0. The van der Waals surface area contributed by atoms with E-state index in [1.807, 2.05) is 0 Å². The van der Waals surface area contributed by atoms with Crippen molar-refractivity contribution in [2.24, 2.45) is 0 Å². The molecule has 10 heavy (non-hydrogen) atoms. The molecule has 1 aromatic rings. The van der Waals surface area contributed by atoms with E-state index in [4.69, 9.17) is 14.3 Å². The standard InChI is InChI=1S/C7H5ClF2/c8-4-5-1-2-6(9)3-7(5)10/h1-3H,4H2/i4D2. The van der Waals surface area contributed by atoms with Crippen LogP contribution in [-0.2, 0) is 5.83 Å². The van der Waals surface area contributed by atoms with E-state index < -0.39 is 17.5 Å². The van der Waals surface area contributed by atoms with Crippen molar-refractivity contribution in [2.75, 3.05) is 0 Å². The normalized spacial score (nSPS) is 14.3. The molecule has 0 aliphatic rings. The molecule has 0 saturated heterocycles. The van der Waals surface area contributed by atoms with Crippen LogP contribution in [0, 0.1) is 11.6 Å². The second-order valence-corrected chi connectivity index (χ2v) is 1.91. The van der Waals surface area contributed by atoms with Crippen LogP contribution in [0.2, 0.25) is 0 Å². The number of alkyl halides is 1. The lowest BCUT2D eigenvalue weighted by molar-refractivity contribution is 0.576. The number of halogens is 3. The van der Waals surface area contributed by atoms with Crippen molar-refractivity contribution in [1.82, 2.24) is 0 Å². The third-order valence-corrected chi connectivity index (χ3v) is 1.24. The van der Waals surface area contributed by atoms with Gasteiger partial charge < -0.3 is 0 Å². The van der Waals surface area contributed by atoms with Crippen LogP contribution in [0.3, 0.4) is 0 Å². The van der Waals surface area contributed by atoms with Gasteiger partial charge in [-0.05, 0) is 6.07 Å². The van der Waals surface area contributed by atoms with Gasteiger partial charge in [-0.2, -0.15) is 0 Å². The van der Waals surface area contributed by atoms with Crippen molar-refractivity contribution in [3.63, 3.8) is 0 Å². The molecule has 0 aliphatic heterocycles. The highest BCUT2D eigenvalue weighted by Crippen LogP contribution is 2.10. The third-order valence-electron chi connectivity index (χ3n) is 1.03. The minimum absolute atomic E-state index is 0.356. The Morgan fingerprint density at radius 3 is 2.70 bits per heavy atom. The average Bonchev–Trinajstić information content (AvgIpc) is 1.83. The van der Waals surface area contributed by atoms with Crippen LogP contribution < -0.4 is 0 Å². The van der Waals surface area contributed by atoms with E-state index in [2.05, 4.69) is 0 Å². The second-order valence-electron chi connectivity index (χ2n) is 1.72. The molecule has 0 radical (unpaired) electrons. The SMILES string of the molecule is [2H]C([2H])(Cl)c1ccc(F)cc1F. The molecule has 0 amide bonds. The zero-order chi connectivity index (χ0) is 9.35. The summed E-state index contributed by atoms with van der Waals surface area (Å²) >= 11 is 5.19. The monoisotopic (exact) mass is 164 g/mol. The van der Waals surface area contributed by atoms with E-state index in [9.17, 15) is 8.78 Å². The third kappa shape index (κ3) is 1.45. The Kier molecular flexibility index (Phi) is 1.51. The van der Waals surface area contributed by atoms with Gasteiger partial charge in [0.1, 0.15) is 11.6 Å². The molecule has 1 rings (SSSR count). The van der Waals surface area contributed by atoms with E-state index >= 15 is 0 Å². The van der Waals surface area contributed by atoms with Crippen LogP contribution in [0.4, 0.5) is 8.78 Å². The van der Waals surface area contributed by atoms with Crippen molar-refractivity contribution < 1.29 is 11.5 Å².